The molecule has 8 heteroatoms. The Hall–Kier alpha value is -2.90. The molecule has 3 rings (SSSR count). The summed E-state index contributed by atoms with van der Waals surface area (Å²) in [6.45, 7) is 0. The van der Waals surface area contributed by atoms with Crippen LogP contribution in [0.3, 0.4) is 0 Å². The van der Waals surface area contributed by atoms with Gasteiger partial charge >= 0.3 is 6.18 Å². The topological polar surface area (TPSA) is 56.8 Å². The van der Waals surface area contributed by atoms with Gasteiger partial charge in [0.15, 0.2) is 17.5 Å². The zero-order valence-electron chi connectivity index (χ0n) is 17.8. The van der Waals surface area contributed by atoms with Gasteiger partial charge in [-0.2, -0.15) is 13.2 Å². The lowest BCUT2D eigenvalue weighted by atomic mass is 9.90. The SMILES string of the molecule is COc1cc([C@@H](NC(=O)Cc2ccc3c(c2)CCCC3)C(F)(F)F)cc(OC)c1OC. The molecule has 0 spiro atoms. The Morgan fingerprint density at radius 2 is 1.58 bits per heavy atom. The molecule has 1 amide bonds. The van der Waals surface area contributed by atoms with Gasteiger partial charge in [0, 0.05) is 0 Å². The first-order valence-electron chi connectivity index (χ1n) is 10.0. The van der Waals surface area contributed by atoms with E-state index in [0.717, 1.165) is 25.7 Å². The largest absolute Gasteiger partial charge is 0.493 e. The summed E-state index contributed by atoms with van der Waals surface area (Å²) >= 11 is 0. The monoisotopic (exact) mass is 437 g/mol. The second-order valence-electron chi connectivity index (χ2n) is 7.49. The van der Waals surface area contributed by atoms with Crippen molar-refractivity contribution in [3.05, 3.63) is 52.6 Å². The lowest BCUT2D eigenvalue weighted by molar-refractivity contribution is -0.163. The predicted octanol–water partition coefficient (Wildman–Crippen LogP) is 4.55. The summed E-state index contributed by atoms with van der Waals surface area (Å²) in [4.78, 5) is 12.5. The average molecular weight is 437 g/mol. The standard InChI is InChI=1S/C23H26F3NO4/c1-29-18-12-17(13-19(30-2)21(18)31-3)22(23(24,25)26)27-20(28)11-14-8-9-15-6-4-5-7-16(15)10-14/h8-10,12-13,22H,4-7,11H2,1-3H3,(H,27,28)/t22-/m1/s1. The number of methoxy groups -OCH3 is 3. The third-order valence-electron chi connectivity index (χ3n) is 5.43. The van der Waals surface area contributed by atoms with Gasteiger partial charge in [-0.15, -0.1) is 0 Å². The number of halogens is 3. The lowest BCUT2D eigenvalue weighted by Gasteiger charge is -2.24. The number of alkyl halides is 3. The maximum atomic E-state index is 13.9. The Morgan fingerprint density at radius 3 is 2.13 bits per heavy atom. The molecule has 0 aliphatic heterocycles. The fourth-order valence-electron chi connectivity index (χ4n) is 3.92. The number of ether oxygens (including phenoxy) is 3. The third-order valence-corrected chi connectivity index (χ3v) is 5.43. The van der Waals surface area contributed by atoms with E-state index in [1.807, 2.05) is 18.2 Å². The fraction of sp³-hybridized carbons (Fsp3) is 0.435. The van der Waals surface area contributed by atoms with E-state index in [9.17, 15) is 18.0 Å². The molecule has 0 fully saturated rings. The number of fused-ring (bicyclic) bond motifs is 1. The molecular weight excluding hydrogens is 411 g/mol. The van der Waals surface area contributed by atoms with Crippen LogP contribution in [0, 0.1) is 0 Å². The van der Waals surface area contributed by atoms with Crippen LogP contribution in [0.15, 0.2) is 30.3 Å². The first-order chi connectivity index (χ1) is 14.8. The Kier molecular flexibility index (Phi) is 6.97. The Balaban J connectivity index is 1.84. The van der Waals surface area contributed by atoms with Crippen LogP contribution in [0.25, 0.3) is 0 Å². The van der Waals surface area contributed by atoms with Gasteiger partial charge in [-0.05, 0) is 60.1 Å². The molecule has 0 bridgehead atoms. The summed E-state index contributed by atoms with van der Waals surface area (Å²) in [5, 5.41) is 2.13. The normalized spacial score (nSPS) is 14.4. The summed E-state index contributed by atoms with van der Waals surface area (Å²) in [7, 11) is 4.00. The predicted molar refractivity (Wildman–Crippen MR) is 110 cm³/mol. The minimum atomic E-state index is -4.71. The number of carbonyl (C=O) groups is 1. The van der Waals surface area contributed by atoms with E-state index in [1.165, 1.54) is 44.6 Å². The molecule has 1 aliphatic rings. The molecule has 0 saturated heterocycles. The average Bonchev–Trinajstić information content (AvgIpc) is 2.75. The van der Waals surface area contributed by atoms with Crippen molar-refractivity contribution in [2.75, 3.05) is 21.3 Å². The van der Waals surface area contributed by atoms with Gasteiger partial charge in [-0.25, -0.2) is 0 Å². The molecule has 2 aromatic rings. The van der Waals surface area contributed by atoms with Gasteiger partial charge in [0.1, 0.15) is 0 Å². The van der Waals surface area contributed by atoms with Gasteiger partial charge in [0.2, 0.25) is 11.7 Å². The van der Waals surface area contributed by atoms with E-state index in [4.69, 9.17) is 14.2 Å². The van der Waals surface area contributed by atoms with E-state index in [1.54, 1.807) is 0 Å². The highest BCUT2D eigenvalue weighted by Gasteiger charge is 2.42. The highest BCUT2D eigenvalue weighted by atomic mass is 19.4. The lowest BCUT2D eigenvalue weighted by Crippen LogP contribution is -2.39. The van der Waals surface area contributed by atoms with Crippen molar-refractivity contribution in [2.45, 2.75) is 44.3 Å². The zero-order valence-corrected chi connectivity index (χ0v) is 17.8. The van der Waals surface area contributed by atoms with Crippen molar-refractivity contribution in [3.8, 4) is 17.2 Å². The fourth-order valence-corrected chi connectivity index (χ4v) is 3.92. The van der Waals surface area contributed by atoms with Crippen molar-refractivity contribution in [2.24, 2.45) is 0 Å². The Bertz CT molecular complexity index is 918. The summed E-state index contributed by atoms with van der Waals surface area (Å²) in [5.74, 6) is -0.382. The smallest absolute Gasteiger partial charge is 0.412 e. The molecule has 2 aromatic carbocycles. The third kappa shape index (κ3) is 5.24. The van der Waals surface area contributed by atoms with Crippen molar-refractivity contribution in [3.63, 3.8) is 0 Å². The van der Waals surface area contributed by atoms with Crippen LogP contribution in [-0.2, 0) is 24.1 Å². The Labute approximate surface area is 179 Å². The van der Waals surface area contributed by atoms with E-state index in [0.29, 0.717) is 5.56 Å². The van der Waals surface area contributed by atoms with Gasteiger partial charge in [0.05, 0.1) is 27.8 Å². The molecule has 0 aromatic heterocycles. The van der Waals surface area contributed by atoms with Crippen molar-refractivity contribution < 1.29 is 32.2 Å². The summed E-state index contributed by atoms with van der Waals surface area (Å²) in [6, 6.07) is 5.88. The molecule has 168 valence electrons. The van der Waals surface area contributed by atoms with Gasteiger partial charge in [-0.3, -0.25) is 4.79 Å². The van der Waals surface area contributed by atoms with E-state index in [2.05, 4.69) is 5.32 Å². The van der Waals surface area contributed by atoms with Crippen LogP contribution < -0.4 is 19.5 Å². The highest BCUT2D eigenvalue weighted by Crippen LogP contribution is 2.43. The van der Waals surface area contributed by atoms with Gasteiger partial charge in [-0.1, -0.05) is 18.2 Å². The molecule has 1 N–H and O–H groups in total. The summed E-state index contributed by atoms with van der Waals surface area (Å²) in [6.07, 6.45) is -0.699. The molecule has 1 aliphatic carbocycles. The number of carbonyl (C=O) groups excluding carboxylic acids is 1. The van der Waals surface area contributed by atoms with Crippen LogP contribution in [0.2, 0.25) is 0 Å². The van der Waals surface area contributed by atoms with Gasteiger partial charge in [0.25, 0.3) is 0 Å². The number of amides is 1. The van der Waals surface area contributed by atoms with Crippen LogP contribution in [0.5, 0.6) is 17.2 Å². The van der Waals surface area contributed by atoms with Crippen LogP contribution in [-0.4, -0.2) is 33.4 Å². The van der Waals surface area contributed by atoms with E-state index < -0.39 is 18.1 Å². The molecule has 0 radical (unpaired) electrons. The number of hydrogen-bond acceptors (Lipinski definition) is 4. The number of hydrogen-bond donors (Lipinski definition) is 1. The maximum Gasteiger partial charge on any atom is 0.412 e. The second kappa shape index (κ2) is 9.49. The number of aryl methyl sites for hydroxylation is 2. The maximum absolute atomic E-state index is 13.9. The molecule has 31 heavy (non-hydrogen) atoms. The minimum absolute atomic E-state index is 0.0787. The van der Waals surface area contributed by atoms with Crippen molar-refractivity contribution in [1.82, 2.24) is 5.32 Å². The quantitative estimate of drug-likeness (QED) is 0.690. The van der Waals surface area contributed by atoms with Crippen LogP contribution in [0.1, 0.15) is 41.1 Å². The number of rotatable bonds is 7. The first-order valence-corrected chi connectivity index (χ1v) is 10.0. The highest BCUT2D eigenvalue weighted by molar-refractivity contribution is 5.79. The summed E-state index contributed by atoms with van der Waals surface area (Å²) in [5.41, 5.74) is 2.92. The van der Waals surface area contributed by atoms with Crippen LogP contribution >= 0.6 is 0 Å². The number of benzene rings is 2. The van der Waals surface area contributed by atoms with Crippen molar-refractivity contribution in [1.29, 1.82) is 0 Å². The molecule has 0 saturated carbocycles. The summed E-state index contributed by atoms with van der Waals surface area (Å²) < 4.78 is 57.0. The second-order valence-corrected chi connectivity index (χ2v) is 7.49. The van der Waals surface area contributed by atoms with E-state index >= 15 is 0 Å². The van der Waals surface area contributed by atoms with Crippen molar-refractivity contribution >= 4 is 5.91 Å². The molecule has 0 unspecified atom stereocenters. The first kappa shape index (κ1) is 22.8. The minimum Gasteiger partial charge on any atom is -0.493 e. The molecule has 0 heterocycles. The van der Waals surface area contributed by atoms with Gasteiger partial charge < -0.3 is 19.5 Å². The number of nitrogens with one attached hydrogen (secondary N) is 1. The Morgan fingerprint density at radius 1 is 0.968 bits per heavy atom. The molecular formula is C23H26F3NO4. The van der Waals surface area contributed by atoms with E-state index in [-0.39, 0.29) is 29.2 Å². The molecule has 1 atom stereocenters. The van der Waals surface area contributed by atoms with Crippen LogP contribution in [0.4, 0.5) is 13.2 Å². The zero-order chi connectivity index (χ0) is 22.6. The molecule has 5 nitrogen and oxygen atoms in total.